The van der Waals surface area contributed by atoms with Crippen LogP contribution in [-0.2, 0) is 7.05 Å². The fourth-order valence-electron chi connectivity index (χ4n) is 3.01. The molecule has 0 amide bonds. The Kier molecular flexibility index (Phi) is 3.88. The van der Waals surface area contributed by atoms with Crippen molar-refractivity contribution < 1.29 is 13.5 Å². The smallest absolute Gasteiger partial charge is 0.387 e. The van der Waals surface area contributed by atoms with E-state index >= 15 is 0 Å². The van der Waals surface area contributed by atoms with Crippen LogP contribution in [0.4, 0.5) is 8.78 Å². The molecule has 132 valence electrons. The lowest BCUT2D eigenvalue weighted by atomic mass is 10.1. The van der Waals surface area contributed by atoms with Crippen LogP contribution in [0.15, 0.2) is 53.5 Å². The van der Waals surface area contributed by atoms with Crippen molar-refractivity contribution in [2.24, 2.45) is 7.05 Å². The zero-order valence-corrected chi connectivity index (χ0v) is 14.2. The molecule has 0 saturated carbocycles. The standard InChI is InChI=1S/C18H12ClF2N3O2/c1-23-9-14-13-7-2-10(19)8-15(13)24(17(25)16(14)22-23)11-3-5-12(6-4-11)26-18(20)21/h2-9,18H,1H3. The van der Waals surface area contributed by atoms with E-state index in [-0.39, 0.29) is 11.3 Å². The number of hydrogen-bond donors (Lipinski definition) is 0. The number of fused-ring (bicyclic) bond motifs is 3. The van der Waals surface area contributed by atoms with Crippen molar-refractivity contribution in [2.45, 2.75) is 6.61 Å². The van der Waals surface area contributed by atoms with E-state index in [1.54, 1.807) is 30.1 Å². The van der Waals surface area contributed by atoms with Crippen LogP contribution in [0.1, 0.15) is 0 Å². The maximum Gasteiger partial charge on any atom is 0.387 e. The number of alkyl halides is 2. The predicted molar refractivity (Wildman–Crippen MR) is 95.5 cm³/mol. The summed E-state index contributed by atoms with van der Waals surface area (Å²) in [4.78, 5) is 13.0. The molecule has 0 saturated heterocycles. The Hall–Kier alpha value is -2.93. The molecule has 0 spiro atoms. The Balaban J connectivity index is 2.02. The normalized spacial score (nSPS) is 11.6. The first-order chi connectivity index (χ1) is 12.4. The number of aryl methyl sites for hydroxylation is 1. The third kappa shape index (κ3) is 2.70. The first-order valence-corrected chi connectivity index (χ1v) is 8.05. The van der Waals surface area contributed by atoms with E-state index in [1.165, 1.54) is 28.8 Å². The second-order valence-electron chi connectivity index (χ2n) is 5.74. The van der Waals surface area contributed by atoms with Gasteiger partial charge in [-0.2, -0.15) is 13.9 Å². The number of ether oxygens (including phenoxy) is 1. The van der Waals surface area contributed by atoms with Crippen molar-refractivity contribution in [1.29, 1.82) is 0 Å². The first kappa shape index (κ1) is 16.5. The van der Waals surface area contributed by atoms with Crippen LogP contribution in [-0.4, -0.2) is 21.0 Å². The summed E-state index contributed by atoms with van der Waals surface area (Å²) < 4.78 is 32.1. The lowest BCUT2D eigenvalue weighted by Gasteiger charge is -2.12. The number of benzene rings is 2. The van der Waals surface area contributed by atoms with Crippen LogP contribution in [0.25, 0.3) is 27.5 Å². The Morgan fingerprint density at radius 1 is 1.12 bits per heavy atom. The molecular formula is C18H12ClF2N3O2. The molecule has 5 nitrogen and oxygen atoms in total. The molecule has 4 aromatic rings. The van der Waals surface area contributed by atoms with Crippen LogP contribution in [0.5, 0.6) is 5.75 Å². The van der Waals surface area contributed by atoms with E-state index in [4.69, 9.17) is 11.6 Å². The summed E-state index contributed by atoms with van der Waals surface area (Å²) in [7, 11) is 1.74. The molecule has 2 aromatic carbocycles. The molecule has 4 rings (SSSR count). The Morgan fingerprint density at radius 2 is 1.85 bits per heavy atom. The number of hydrogen-bond acceptors (Lipinski definition) is 3. The van der Waals surface area contributed by atoms with E-state index in [1.807, 2.05) is 6.07 Å². The zero-order chi connectivity index (χ0) is 18.4. The molecule has 0 radical (unpaired) electrons. The largest absolute Gasteiger partial charge is 0.435 e. The Labute approximate surface area is 151 Å². The van der Waals surface area contributed by atoms with Crippen molar-refractivity contribution in [3.63, 3.8) is 0 Å². The van der Waals surface area contributed by atoms with E-state index in [0.29, 0.717) is 21.7 Å². The molecular weight excluding hydrogens is 364 g/mol. The van der Waals surface area contributed by atoms with Gasteiger partial charge in [0.1, 0.15) is 5.75 Å². The minimum Gasteiger partial charge on any atom is -0.435 e. The lowest BCUT2D eigenvalue weighted by molar-refractivity contribution is -0.0498. The van der Waals surface area contributed by atoms with Gasteiger partial charge in [0.15, 0.2) is 5.52 Å². The molecule has 26 heavy (non-hydrogen) atoms. The summed E-state index contributed by atoms with van der Waals surface area (Å²) in [5, 5.41) is 6.26. The average Bonchev–Trinajstić information content (AvgIpc) is 2.98. The SMILES string of the molecule is Cn1cc2c(n1)c(=O)n(-c1ccc(OC(F)F)cc1)c1cc(Cl)ccc21. The summed E-state index contributed by atoms with van der Waals surface area (Å²) >= 11 is 6.13. The Morgan fingerprint density at radius 3 is 2.54 bits per heavy atom. The molecule has 2 heterocycles. The van der Waals surface area contributed by atoms with Gasteiger partial charge < -0.3 is 4.74 Å². The van der Waals surface area contributed by atoms with Crippen LogP contribution in [0, 0.1) is 0 Å². The van der Waals surface area contributed by atoms with Crippen molar-refractivity contribution in [2.75, 3.05) is 0 Å². The van der Waals surface area contributed by atoms with E-state index in [0.717, 1.165) is 10.8 Å². The molecule has 0 aliphatic carbocycles. The minimum absolute atomic E-state index is 0.0121. The molecule has 0 N–H and O–H groups in total. The highest BCUT2D eigenvalue weighted by Gasteiger charge is 2.15. The average molecular weight is 376 g/mol. The second kappa shape index (κ2) is 6.10. The van der Waals surface area contributed by atoms with Crippen molar-refractivity contribution in [3.05, 3.63) is 64.0 Å². The van der Waals surface area contributed by atoms with Gasteiger partial charge in [-0.05, 0) is 36.4 Å². The molecule has 2 aromatic heterocycles. The molecule has 0 aliphatic rings. The van der Waals surface area contributed by atoms with Gasteiger partial charge in [-0.25, -0.2) is 0 Å². The van der Waals surface area contributed by atoms with Gasteiger partial charge in [0, 0.05) is 34.7 Å². The highest BCUT2D eigenvalue weighted by molar-refractivity contribution is 6.31. The molecule has 0 atom stereocenters. The van der Waals surface area contributed by atoms with Gasteiger partial charge in [-0.1, -0.05) is 17.7 Å². The molecule has 0 bridgehead atoms. The number of pyridine rings is 1. The quantitative estimate of drug-likeness (QED) is 0.541. The fourth-order valence-corrected chi connectivity index (χ4v) is 3.18. The topological polar surface area (TPSA) is 49.0 Å². The molecule has 0 unspecified atom stereocenters. The third-order valence-electron chi connectivity index (χ3n) is 4.05. The summed E-state index contributed by atoms with van der Waals surface area (Å²) in [5.41, 5.74) is 1.09. The van der Waals surface area contributed by atoms with Gasteiger partial charge in [0.2, 0.25) is 0 Å². The maximum atomic E-state index is 13.0. The fraction of sp³-hybridized carbons (Fsp3) is 0.111. The Bertz CT molecular complexity index is 1180. The van der Waals surface area contributed by atoms with Gasteiger partial charge in [-0.15, -0.1) is 0 Å². The van der Waals surface area contributed by atoms with Gasteiger partial charge in [-0.3, -0.25) is 14.0 Å². The summed E-state index contributed by atoms with van der Waals surface area (Å²) in [6.45, 7) is -2.91. The second-order valence-corrected chi connectivity index (χ2v) is 6.18. The third-order valence-corrected chi connectivity index (χ3v) is 4.28. The van der Waals surface area contributed by atoms with E-state index < -0.39 is 6.61 Å². The summed E-state index contributed by atoms with van der Waals surface area (Å²) in [5.74, 6) is 0.0121. The van der Waals surface area contributed by atoms with Crippen LogP contribution < -0.4 is 10.3 Å². The monoisotopic (exact) mass is 375 g/mol. The number of rotatable bonds is 3. The van der Waals surface area contributed by atoms with Crippen molar-refractivity contribution in [3.8, 4) is 11.4 Å². The van der Waals surface area contributed by atoms with Crippen molar-refractivity contribution >= 4 is 33.4 Å². The zero-order valence-electron chi connectivity index (χ0n) is 13.5. The van der Waals surface area contributed by atoms with E-state index in [2.05, 4.69) is 9.84 Å². The number of nitrogens with zero attached hydrogens (tertiary/aromatic N) is 3. The predicted octanol–water partition coefficient (Wildman–Crippen LogP) is 4.13. The van der Waals surface area contributed by atoms with Crippen LogP contribution in [0.3, 0.4) is 0 Å². The van der Waals surface area contributed by atoms with Gasteiger partial charge >= 0.3 is 6.61 Å². The highest BCUT2D eigenvalue weighted by Crippen LogP contribution is 2.27. The van der Waals surface area contributed by atoms with Crippen LogP contribution >= 0.6 is 11.6 Å². The first-order valence-electron chi connectivity index (χ1n) is 7.67. The minimum atomic E-state index is -2.91. The summed E-state index contributed by atoms with van der Waals surface area (Å²) in [6.07, 6.45) is 1.77. The van der Waals surface area contributed by atoms with Crippen LogP contribution in [0.2, 0.25) is 5.02 Å². The van der Waals surface area contributed by atoms with Gasteiger partial charge in [0.05, 0.1) is 5.52 Å². The van der Waals surface area contributed by atoms with Gasteiger partial charge in [0.25, 0.3) is 5.56 Å². The summed E-state index contributed by atoms with van der Waals surface area (Å²) in [6, 6.07) is 11.1. The molecule has 8 heteroatoms. The maximum absolute atomic E-state index is 13.0. The number of halogens is 3. The number of aromatic nitrogens is 3. The molecule has 0 aliphatic heterocycles. The lowest BCUT2D eigenvalue weighted by Crippen LogP contribution is -2.19. The van der Waals surface area contributed by atoms with E-state index in [9.17, 15) is 13.6 Å². The highest BCUT2D eigenvalue weighted by atomic mass is 35.5. The molecule has 0 fully saturated rings. The van der Waals surface area contributed by atoms with Crippen molar-refractivity contribution in [1.82, 2.24) is 14.3 Å².